The van der Waals surface area contributed by atoms with Crippen LogP contribution in [0, 0.1) is 5.82 Å². The van der Waals surface area contributed by atoms with Crippen LogP contribution in [0.3, 0.4) is 0 Å². The van der Waals surface area contributed by atoms with Crippen molar-refractivity contribution < 1.29 is 4.39 Å². The van der Waals surface area contributed by atoms with Crippen molar-refractivity contribution in [2.45, 2.75) is 19.5 Å². The molecule has 0 aliphatic carbocycles. The zero-order valence-electron chi connectivity index (χ0n) is 9.41. The van der Waals surface area contributed by atoms with Gasteiger partial charge in [-0.1, -0.05) is 23.7 Å². The predicted octanol–water partition coefficient (Wildman–Crippen LogP) is 4.39. The Morgan fingerprint density at radius 2 is 2.24 bits per heavy atom. The van der Waals surface area contributed by atoms with Crippen LogP contribution in [0.4, 0.5) is 4.39 Å². The van der Waals surface area contributed by atoms with E-state index < -0.39 is 0 Å². The van der Waals surface area contributed by atoms with Gasteiger partial charge in [0, 0.05) is 28.0 Å². The van der Waals surface area contributed by atoms with Crippen LogP contribution in [0.15, 0.2) is 35.7 Å². The van der Waals surface area contributed by atoms with Crippen molar-refractivity contribution in [3.63, 3.8) is 0 Å². The van der Waals surface area contributed by atoms with Crippen LogP contribution >= 0.6 is 22.9 Å². The molecule has 1 unspecified atom stereocenters. The SMILES string of the molecule is CC(NCc1ccc(Cl)cc1F)c1cccs1. The van der Waals surface area contributed by atoms with Gasteiger partial charge >= 0.3 is 0 Å². The second kappa shape index (κ2) is 5.63. The first-order chi connectivity index (χ1) is 8.16. The van der Waals surface area contributed by atoms with E-state index in [1.54, 1.807) is 23.5 Å². The molecule has 1 atom stereocenters. The Balaban J connectivity index is 1.98. The second-order valence-corrected chi connectivity index (χ2v) is 5.27. The van der Waals surface area contributed by atoms with Crippen molar-refractivity contribution in [2.75, 3.05) is 0 Å². The first kappa shape index (κ1) is 12.6. The van der Waals surface area contributed by atoms with Crippen molar-refractivity contribution in [2.24, 2.45) is 0 Å². The summed E-state index contributed by atoms with van der Waals surface area (Å²) in [6, 6.07) is 9.07. The summed E-state index contributed by atoms with van der Waals surface area (Å²) < 4.78 is 13.5. The molecule has 1 N–H and O–H groups in total. The minimum absolute atomic E-state index is 0.227. The fourth-order valence-corrected chi connectivity index (χ4v) is 2.48. The van der Waals surface area contributed by atoms with Gasteiger partial charge in [0.15, 0.2) is 0 Å². The topological polar surface area (TPSA) is 12.0 Å². The fraction of sp³-hybridized carbons (Fsp3) is 0.231. The van der Waals surface area contributed by atoms with Crippen LogP contribution in [-0.2, 0) is 6.54 Å². The third-order valence-corrected chi connectivity index (χ3v) is 3.87. The maximum Gasteiger partial charge on any atom is 0.129 e. The summed E-state index contributed by atoms with van der Waals surface area (Å²) in [6.07, 6.45) is 0. The number of benzene rings is 1. The van der Waals surface area contributed by atoms with E-state index in [1.807, 2.05) is 11.4 Å². The summed E-state index contributed by atoms with van der Waals surface area (Å²) in [6.45, 7) is 2.57. The number of thiophene rings is 1. The maximum absolute atomic E-state index is 13.5. The monoisotopic (exact) mass is 269 g/mol. The molecule has 90 valence electrons. The first-order valence-corrected chi connectivity index (χ1v) is 6.63. The second-order valence-electron chi connectivity index (χ2n) is 3.85. The first-order valence-electron chi connectivity index (χ1n) is 5.37. The minimum Gasteiger partial charge on any atom is -0.305 e. The van der Waals surface area contributed by atoms with Crippen molar-refractivity contribution in [3.05, 3.63) is 57.0 Å². The van der Waals surface area contributed by atoms with Gasteiger partial charge in [-0.2, -0.15) is 0 Å². The molecule has 2 rings (SSSR count). The van der Waals surface area contributed by atoms with Crippen LogP contribution in [0.1, 0.15) is 23.4 Å². The highest BCUT2D eigenvalue weighted by Gasteiger charge is 2.07. The van der Waals surface area contributed by atoms with Gasteiger partial charge in [-0.25, -0.2) is 4.39 Å². The molecule has 0 fully saturated rings. The van der Waals surface area contributed by atoms with Gasteiger partial charge in [-0.05, 0) is 30.5 Å². The Morgan fingerprint density at radius 3 is 2.88 bits per heavy atom. The van der Waals surface area contributed by atoms with Crippen molar-refractivity contribution in [3.8, 4) is 0 Å². The largest absolute Gasteiger partial charge is 0.305 e. The summed E-state index contributed by atoms with van der Waals surface area (Å²) in [5, 5.41) is 5.76. The molecule has 2 aromatic rings. The average Bonchev–Trinajstić information content (AvgIpc) is 2.81. The van der Waals surface area contributed by atoms with Gasteiger partial charge in [0.1, 0.15) is 5.82 Å². The van der Waals surface area contributed by atoms with E-state index >= 15 is 0 Å². The van der Waals surface area contributed by atoms with Gasteiger partial charge in [-0.3, -0.25) is 0 Å². The van der Waals surface area contributed by atoms with E-state index in [-0.39, 0.29) is 11.9 Å². The van der Waals surface area contributed by atoms with Crippen molar-refractivity contribution in [1.29, 1.82) is 0 Å². The normalized spacial score (nSPS) is 12.6. The zero-order valence-corrected chi connectivity index (χ0v) is 11.0. The Morgan fingerprint density at radius 1 is 1.41 bits per heavy atom. The lowest BCUT2D eigenvalue weighted by atomic mass is 10.2. The summed E-state index contributed by atoms with van der Waals surface area (Å²) in [4.78, 5) is 1.25. The van der Waals surface area contributed by atoms with Crippen LogP contribution < -0.4 is 5.32 Å². The van der Waals surface area contributed by atoms with Crippen LogP contribution in [0.5, 0.6) is 0 Å². The van der Waals surface area contributed by atoms with E-state index in [1.165, 1.54) is 10.9 Å². The summed E-state index contributed by atoms with van der Waals surface area (Å²) in [5.41, 5.74) is 0.637. The Labute approximate surface area is 109 Å². The highest BCUT2D eigenvalue weighted by atomic mass is 35.5. The predicted molar refractivity (Wildman–Crippen MR) is 71.0 cm³/mol. The highest BCUT2D eigenvalue weighted by molar-refractivity contribution is 7.10. The zero-order chi connectivity index (χ0) is 12.3. The van der Waals surface area contributed by atoms with Gasteiger partial charge < -0.3 is 5.32 Å². The van der Waals surface area contributed by atoms with Gasteiger partial charge in [-0.15, -0.1) is 11.3 Å². The van der Waals surface area contributed by atoms with E-state index in [2.05, 4.69) is 18.3 Å². The molecule has 0 saturated heterocycles. The molecule has 17 heavy (non-hydrogen) atoms. The van der Waals surface area contributed by atoms with E-state index in [4.69, 9.17) is 11.6 Å². The summed E-state index contributed by atoms with van der Waals surface area (Å²) >= 11 is 7.40. The molecule has 0 amide bonds. The lowest BCUT2D eigenvalue weighted by molar-refractivity contribution is 0.549. The Hall–Kier alpha value is -0.900. The fourth-order valence-electron chi connectivity index (χ4n) is 1.57. The molecule has 0 aliphatic rings. The number of hydrogen-bond acceptors (Lipinski definition) is 2. The number of halogens is 2. The lowest BCUT2D eigenvalue weighted by Crippen LogP contribution is -2.17. The molecular weight excluding hydrogens is 257 g/mol. The highest BCUT2D eigenvalue weighted by Crippen LogP contribution is 2.20. The quantitative estimate of drug-likeness (QED) is 0.868. The van der Waals surface area contributed by atoms with Gasteiger partial charge in [0.05, 0.1) is 0 Å². The number of hydrogen-bond donors (Lipinski definition) is 1. The third-order valence-electron chi connectivity index (χ3n) is 2.58. The molecule has 0 radical (unpaired) electrons. The third kappa shape index (κ3) is 3.28. The molecule has 4 heteroatoms. The summed E-state index contributed by atoms with van der Waals surface area (Å²) in [7, 11) is 0. The van der Waals surface area contributed by atoms with Crippen LogP contribution in [-0.4, -0.2) is 0 Å². The van der Waals surface area contributed by atoms with Crippen LogP contribution in [0.25, 0.3) is 0 Å². The smallest absolute Gasteiger partial charge is 0.129 e. The molecule has 1 heterocycles. The average molecular weight is 270 g/mol. The summed E-state index contributed by atoms with van der Waals surface area (Å²) in [5.74, 6) is -0.261. The lowest BCUT2D eigenvalue weighted by Gasteiger charge is -2.12. The maximum atomic E-state index is 13.5. The molecule has 0 aliphatic heterocycles. The van der Waals surface area contributed by atoms with Gasteiger partial charge in [0.2, 0.25) is 0 Å². The molecule has 0 bridgehead atoms. The molecule has 0 saturated carbocycles. The van der Waals surface area contributed by atoms with Gasteiger partial charge in [0.25, 0.3) is 0 Å². The van der Waals surface area contributed by atoms with Crippen molar-refractivity contribution in [1.82, 2.24) is 5.32 Å². The Kier molecular flexibility index (Phi) is 4.15. The van der Waals surface area contributed by atoms with E-state index in [9.17, 15) is 4.39 Å². The molecular formula is C13H13ClFNS. The molecule has 0 spiro atoms. The Bertz CT molecular complexity index is 484. The number of nitrogens with one attached hydrogen (secondary N) is 1. The van der Waals surface area contributed by atoms with Crippen LogP contribution in [0.2, 0.25) is 5.02 Å². The molecule has 1 nitrogen and oxygen atoms in total. The van der Waals surface area contributed by atoms with Crippen molar-refractivity contribution >= 4 is 22.9 Å². The van der Waals surface area contributed by atoms with E-state index in [0.29, 0.717) is 17.1 Å². The standard InChI is InChI=1S/C13H13ClFNS/c1-9(13-3-2-6-17-13)16-8-10-4-5-11(14)7-12(10)15/h2-7,9,16H,8H2,1H3. The molecule has 1 aromatic heterocycles. The van der Waals surface area contributed by atoms with E-state index in [0.717, 1.165) is 0 Å². The minimum atomic E-state index is -0.261. The number of rotatable bonds is 4. The molecule has 1 aromatic carbocycles.